The van der Waals surface area contributed by atoms with Gasteiger partial charge in [-0.05, 0) is 31.9 Å². The van der Waals surface area contributed by atoms with Gasteiger partial charge in [0.15, 0.2) is 0 Å². The van der Waals surface area contributed by atoms with Crippen molar-refractivity contribution in [3.63, 3.8) is 0 Å². The minimum atomic E-state index is -0.800. The van der Waals surface area contributed by atoms with E-state index in [9.17, 15) is 0 Å². The van der Waals surface area contributed by atoms with Crippen LogP contribution in [-0.2, 0) is 0 Å². The summed E-state index contributed by atoms with van der Waals surface area (Å²) in [5.41, 5.74) is 0. The molecule has 0 unspecified atom stereocenters. The van der Waals surface area contributed by atoms with Crippen LogP contribution in [0.25, 0.3) is 0 Å². The molecule has 0 aliphatic heterocycles. The lowest BCUT2D eigenvalue weighted by molar-refractivity contribution is 0.202. The molecule has 0 aromatic rings. The van der Waals surface area contributed by atoms with Gasteiger partial charge in [0.2, 0.25) is 0 Å². The summed E-state index contributed by atoms with van der Waals surface area (Å²) in [5.74, 6) is 9.45. The standard InChI is InChI=1S/C12H25NS.C2H6/c1-13(10-11-14(2,3)4)12-8-6-5-7-9-12;1-2/h12H,2-3,5-11H2,1,4H3;1-2H3. The summed E-state index contributed by atoms with van der Waals surface area (Å²) < 4.78 is 0. The largest absolute Gasteiger partial charge is 0.303 e. The lowest BCUT2D eigenvalue weighted by atomic mass is 9.94. The molecule has 0 radical (unpaired) electrons. The molecule has 0 aromatic carbocycles. The molecule has 0 bridgehead atoms. The van der Waals surface area contributed by atoms with E-state index in [2.05, 4.69) is 29.9 Å². The highest BCUT2D eigenvalue weighted by Crippen LogP contribution is 2.22. The van der Waals surface area contributed by atoms with Gasteiger partial charge in [0.1, 0.15) is 0 Å². The van der Waals surface area contributed by atoms with Gasteiger partial charge in [0.05, 0.1) is 0 Å². The van der Waals surface area contributed by atoms with Gasteiger partial charge in [-0.15, -0.1) is 0 Å². The molecule has 0 aromatic heterocycles. The van der Waals surface area contributed by atoms with Crippen LogP contribution >= 0.6 is 9.21 Å². The van der Waals surface area contributed by atoms with Gasteiger partial charge >= 0.3 is 0 Å². The summed E-state index contributed by atoms with van der Waals surface area (Å²) in [4.78, 5) is 2.53. The van der Waals surface area contributed by atoms with Crippen molar-refractivity contribution in [2.75, 3.05) is 25.6 Å². The van der Waals surface area contributed by atoms with Crippen LogP contribution in [0.15, 0.2) is 0 Å². The summed E-state index contributed by atoms with van der Waals surface area (Å²) >= 11 is 0. The van der Waals surface area contributed by atoms with E-state index in [1.165, 1.54) is 44.4 Å². The van der Waals surface area contributed by atoms with Crippen LogP contribution in [0, 0.1) is 0 Å². The highest BCUT2D eigenvalue weighted by atomic mass is 32.2. The van der Waals surface area contributed by atoms with E-state index in [4.69, 9.17) is 0 Å². The quantitative estimate of drug-likeness (QED) is 0.684. The Balaban J connectivity index is 0.00000106. The Labute approximate surface area is 104 Å². The minimum absolute atomic E-state index is 0.800. The number of rotatable bonds is 4. The van der Waals surface area contributed by atoms with Crippen molar-refractivity contribution in [3.8, 4) is 0 Å². The zero-order chi connectivity index (χ0) is 12.6. The summed E-state index contributed by atoms with van der Waals surface area (Å²) in [6.45, 7) is 5.18. The first kappa shape index (κ1) is 16.1. The highest BCUT2D eigenvalue weighted by Gasteiger charge is 2.17. The molecule has 0 spiro atoms. The summed E-state index contributed by atoms with van der Waals surface area (Å²) in [6, 6.07) is 0.838. The third-order valence-corrected chi connectivity index (χ3v) is 4.30. The summed E-state index contributed by atoms with van der Waals surface area (Å²) in [5, 5.41) is 0. The molecule has 0 saturated heterocycles. The number of nitrogens with zero attached hydrogens (tertiary/aromatic N) is 1. The molecule has 0 heterocycles. The molecule has 0 N–H and O–H groups in total. The maximum atomic E-state index is 4.13. The maximum absolute atomic E-state index is 4.13. The molecule has 0 atom stereocenters. The zero-order valence-electron chi connectivity index (χ0n) is 11.8. The van der Waals surface area contributed by atoms with E-state index >= 15 is 0 Å². The molecule has 1 aliphatic rings. The molecule has 1 fully saturated rings. The van der Waals surface area contributed by atoms with Crippen LogP contribution in [0.1, 0.15) is 46.0 Å². The predicted molar refractivity (Wildman–Crippen MR) is 83.5 cm³/mol. The van der Waals surface area contributed by atoms with E-state index in [-0.39, 0.29) is 0 Å². The average Bonchev–Trinajstić information content (AvgIpc) is 2.29. The van der Waals surface area contributed by atoms with Gasteiger partial charge in [0.25, 0.3) is 0 Å². The summed E-state index contributed by atoms with van der Waals surface area (Å²) in [6.07, 6.45) is 9.29. The Bertz CT molecular complexity index is 248. The molecule has 0 amide bonds. The Hall–Kier alpha value is 0.0500. The molecular weight excluding hydrogens is 214 g/mol. The molecule has 1 aliphatic carbocycles. The number of hydrogen-bond donors (Lipinski definition) is 0. The molecule has 1 saturated carbocycles. The molecule has 1 rings (SSSR count). The molecule has 2 heteroatoms. The van der Waals surface area contributed by atoms with Gasteiger partial charge in [0, 0.05) is 12.6 Å². The van der Waals surface area contributed by atoms with Gasteiger partial charge in [-0.3, -0.25) is 0 Å². The zero-order valence-corrected chi connectivity index (χ0v) is 12.6. The predicted octanol–water partition coefficient (Wildman–Crippen LogP) is 3.58. The highest BCUT2D eigenvalue weighted by molar-refractivity contribution is 8.27. The molecule has 16 heavy (non-hydrogen) atoms. The van der Waals surface area contributed by atoms with E-state index in [0.717, 1.165) is 6.04 Å². The van der Waals surface area contributed by atoms with Crippen molar-refractivity contribution in [3.05, 3.63) is 0 Å². The Kier molecular flexibility index (Phi) is 8.21. The van der Waals surface area contributed by atoms with Crippen molar-refractivity contribution in [2.24, 2.45) is 0 Å². The fraction of sp³-hybridized carbons (Fsp3) is 0.857. The van der Waals surface area contributed by atoms with Crippen LogP contribution in [0.5, 0.6) is 0 Å². The lowest BCUT2D eigenvalue weighted by Gasteiger charge is -2.31. The third-order valence-electron chi connectivity index (χ3n) is 3.13. The van der Waals surface area contributed by atoms with Crippen LogP contribution < -0.4 is 0 Å². The van der Waals surface area contributed by atoms with Crippen molar-refractivity contribution in [2.45, 2.75) is 52.0 Å². The first-order chi connectivity index (χ1) is 7.49. The Morgan fingerprint density at radius 2 is 1.62 bits per heavy atom. The van der Waals surface area contributed by atoms with E-state index < -0.39 is 9.21 Å². The lowest BCUT2D eigenvalue weighted by Crippen LogP contribution is -2.35. The van der Waals surface area contributed by atoms with Gasteiger partial charge in [-0.25, -0.2) is 9.21 Å². The number of hydrogen-bond acceptors (Lipinski definition) is 1. The normalized spacial score (nSPS) is 18.1. The van der Waals surface area contributed by atoms with Gasteiger partial charge in [-0.1, -0.05) is 44.9 Å². The smallest absolute Gasteiger partial charge is 0.00925 e. The van der Waals surface area contributed by atoms with Crippen LogP contribution in [0.2, 0.25) is 0 Å². The van der Waals surface area contributed by atoms with Crippen LogP contribution in [0.4, 0.5) is 0 Å². The first-order valence-corrected chi connectivity index (χ1v) is 9.16. The fourth-order valence-electron chi connectivity index (χ4n) is 2.07. The van der Waals surface area contributed by atoms with Crippen molar-refractivity contribution < 1.29 is 0 Å². The Morgan fingerprint density at radius 1 is 1.12 bits per heavy atom. The van der Waals surface area contributed by atoms with Crippen molar-refractivity contribution in [1.82, 2.24) is 4.90 Å². The average molecular weight is 245 g/mol. The third kappa shape index (κ3) is 7.34. The monoisotopic (exact) mass is 245 g/mol. The van der Waals surface area contributed by atoms with Gasteiger partial charge < -0.3 is 4.90 Å². The fourth-order valence-corrected chi connectivity index (χ4v) is 2.80. The van der Waals surface area contributed by atoms with Crippen LogP contribution in [-0.4, -0.2) is 48.3 Å². The molecule has 1 nitrogen and oxygen atoms in total. The topological polar surface area (TPSA) is 3.24 Å². The second-order valence-corrected chi connectivity index (χ2v) is 8.32. The minimum Gasteiger partial charge on any atom is -0.303 e. The molecular formula is C14H31NS. The van der Waals surface area contributed by atoms with Crippen LogP contribution in [0.3, 0.4) is 0 Å². The first-order valence-electron chi connectivity index (χ1n) is 6.61. The molecule has 98 valence electrons. The SMILES string of the molecule is C=S(=C)(C)CCN(C)C1CCCCC1.CC. The van der Waals surface area contributed by atoms with Crippen molar-refractivity contribution >= 4 is 20.9 Å². The van der Waals surface area contributed by atoms with E-state index in [1.54, 1.807) is 0 Å². The second-order valence-electron chi connectivity index (χ2n) is 4.95. The second kappa shape index (κ2) is 8.19. The van der Waals surface area contributed by atoms with Crippen molar-refractivity contribution in [1.29, 1.82) is 0 Å². The van der Waals surface area contributed by atoms with E-state index in [0.29, 0.717) is 0 Å². The summed E-state index contributed by atoms with van der Waals surface area (Å²) in [7, 11) is 1.47. The van der Waals surface area contributed by atoms with Gasteiger partial charge in [-0.2, -0.15) is 0 Å². The maximum Gasteiger partial charge on any atom is 0.00925 e. The van der Waals surface area contributed by atoms with E-state index in [1.807, 2.05) is 13.8 Å². The Morgan fingerprint density at radius 3 is 2.06 bits per heavy atom.